The maximum Gasteiger partial charge on any atom is 0.251 e. The van der Waals surface area contributed by atoms with Crippen LogP contribution < -0.4 is 5.56 Å². The highest BCUT2D eigenvalue weighted by molar-refractivity contribution is 5.25. The second kappa shape index (κ2) is 8.76. The molecule has 1 fully saturated rings. The van der Waals surface area contributed by atoms with E-state index in [9.17, 15) is 13.6 Å². The highest BCUT2D eigenvalue weighted by Gasteiger charge is 2.16. The molecule has 140 valence electrons. The van der Waals surface area contributed by atoms with E-state index in [4.69, 9.17) is 0 Å². The zero-order valence-electron chi connectivity index (χ0n) is 15.3. The predicted molar refractivity (Wildman–Crippen MR) is 104 cm³/mol. The molecule has 1 aliphatic rings. The summed E-state index contributed by atoms with van der Waals surface area (Å²) in [5.74, 6) is 0.457. The van der Waals surface area contributed by atoms with Crippen LogP contribution in [-0.4, -0.2) is 4.57 Å². The lowest BCUT2D eigenvalue weighted by molar-refractivity contribution is 0.557. The summed E-state index contributed by atoms with van der Waals surface area (Å²) in [6, 6.07) is 16.9. The second-order valence-corrected chi connectivity index (χ2v) is 7.03. The van der Waals surface area contributed by atoms with Crippen molar-refractivity contribution in [2.45, 2.75) is 32.2 Å². The number of hydrogen-bond acceptors (Lipinski definition) is 1. The van der Waals surface area contributed by atoms with Crippen molar-refractivity contribution in [2.24, 2.45) is 5.92 Å². The Morgan fingerprint density at radius 3 is 2.00 bits per heavy atom. The standard InChI is InChI=1S/C19H15F2NO.C4H8/c20-16-8-4-14(5-9-16)13-18(15-6-10-17(21)11-7-15)22-12-2-1-3-19(22)23;1-4-2-3-4/h1-12,18H,13H2;4H,2-3H2,1H3. The first-order chi connectivity index (χ1) is 13.0. The number of benzene rings is 2. The van der Waals surface area contributed by atoms with E-state index in [-0.39, 0.29) is 23.2 Å². The molecule has 1 unspecified atom stereocenters. The molecule has 4 heteroatoms. The first-order valence-electron chi connectivity index (χ1n) is 9.20. The largest absolute Gasteiger partial charge is 0.308 e. The number of nitrogens with zero attached hydrogens (tertiary/aromatic N) is 1. The van der Waals surface area contributed by atoms with Gasteiger partial charge in [-0.2, -0.15) is 0 Å². The molecule has 0 aliphatic heterocycles. The van der Waals surface area contributed by atoms with Crippen molar-refractivity contribution in [3.05, 3.63) is 106 Å². The van der Waals surface area contributed by atoms with Crippen LogP contribution in [0.25, 0.3) is 0 Å². The SMILES string of the molecule is CC1CC1.O=c1ccccn1C(Cc1ccc(F)cc1)c1ccc(F)cc1. The fourth-order valence-corrected chi connectivity index (χ4v) is 2.77. The lowest BCUT2D eigenvalue weighted by Gasteiger charge is -2.20. The van der Waals surface area contributed by atoms with E-state index in [0.717, 1.165) is 17.0 Å². The molecule has 27 heavy (non-hydrogen) atoms. The Morgan fingerprint density at radius 1 is 0.926 bits per heavy atom. The highest BCUT2D eigenvalue weighted by Crippen LogP contribution is 2.26. The third-order valence-corrected chi connectivity index (χ3v) is 4.65. The molecule has 1 atom stereocenters. The highest BCUT2D eigenvalue weighted by atomic mass is 19.1. The number of pyridine rings is 1. The molecule has 0 N–H and O–H groups in total. The molecule has 1 aliphatic carbocycles. The van der Waals surface area contributed by atoms with E-state index < -0.39 is 0 Å². The lowest BCUT2D eigenvalue weighted by Crippen LogP contribution is -2.25. The molecule has 0 saturated heterocycles. The molecule has 3 aromatic rings. The van der Waals surface area contributed by atoms with E-state index in [2.05, 4.69) is 6.92 Å². The predicted octanol–water partition coefficient (Wildman–Crippen LogP) is 5.37. The molecule has 1 aromatic heterocycles. The van der Waals surface area contributed by atoms with Crippen molar-refractivity contribution >= 4 is 0 Å². The van der Waals surface area contributed by atoms with Gasteiger partial charge in [0.2, 0.25) is 0 Å². The Balaban J connectivity index is 0.000000466. The van der Waals surface area contributed by atoms with Gasteiger partial charge >= 0.3 is 0 Å². The molecule has 2 aromatic carbocycles. The van der Waals surface area contributed by atoms with Gasteiger partial charge in [-0.3, -0.25) is 4.79 Å². The van der Waals surface area contributed by atoms with Crippen molar-refractivity contribution in [1.29, 1.82) is 0 Å². The van der Waals surface area contributed by atoms with Crippen molar-refractivity contribution in [1.82, 2.24) is 4.57 Å². The van der Waals surface area contributed by atoms with Crippen molar-refractivity contribution < 1.29 is 8.78 Å². The van der Waals surface area contributed by atoms with Crippen LogP contribution in [0.1, 0.15) is 36.9 Å². The van der Waals surface area contributed by atoms with Gasteiger partial charge < -0.3 is 4.57 Å². The number of rotatable bonds is 4. The molecule has 2 nitrogen and oxygen atoms in total. The molecular formula is C23H23F2NO. The molecule has 0 spiro atoms. The molecular weight excluding hydrogens is 344 g/mol. The summed E-state index contributed by atoms with van der Waals surface area (Å²) in [6.45, 7) is 2.28. The molecule has 0 bridgehead atoms. The average molecular weight is 367 g/mol. The second-order valence-electron chi connectivity index (χ2n) is 7.03. The van der Waals surface area contributed by atoms with Crippen LogP contribution in [0.5, 0.6) is 0 Å². The van der Waals surface area contributed by atoms with Crippen LogP contribution in [0, 0.1) is 17.6 Å². The summed E-state index contributed by atoms with van der Waals surface area (Å²) in [7, 11) is 0. The summed E-state index contributed by atoms with van der Waals surface area (Å²) in [5.41, 5.74) is 1.59. The van der Waals surface area contributed by atoms with E-state index in [1.807, 2.05) is 0 Å². The molecule has 0 amide bonds. The van der Waals surface area contributed by atoms with Gasteiger partial charge in [-0.1, -0.05) is 50.1 Å². The van der Waals surface area contributed by atoms with Crippen LogP contribution >= 0.6 is 0 Å². The first kappa shape index (κ1) is 19.0. The Kier molecular flexibility index (Phi) is 6.17. The Morgan fingerprint density at radius 2 is 1.48 bits per heavy atom. The van der Waals surface area contributed by atoms with Gasteiger partial charge in [-0.15, -0.1) is 0 Å². The minimum absolute atomic E-state index is 0.135. The fourth-order valence-electron chi connectivity index (χ4n) is 2.77. The smallest absolute Gasteiger partial charge is 0.251 e. The van der Waals surface area contributed by atoms with Gasteiger partial charge in [0.05, 0.1) is 6.04 Å². The van der Waals surface area contributed by atoms with Crippen LogP contribution in [-0.2, 0) is 6.42 Å². The first-order valence-corrected chi connectivity index (χ1v) is 9.20. The molecule has 4 rings (SSSR count). The van der Waals surface area contributed by atoms with E-state index >= 15 is 0 Å². The fraction of sp³-hybridized carbons (Fsp3) is 0.261. The van der Waals surface area contributed by atoms with Gasteiger partial charge in [-0.05, 0) is 53.8 Å². The number of hydrogen-bond donors (Lipinski definition) is 0. The summed E-state index contributed by atoms with van der Waals surface area (Å²) in [5, 5.41) is 0. The van der Waals surface area contributed by atoms with Gasteiger partial charge in [-0.25, -0.2) is 8.78 Å². The lowest BCUT2D eigenvalue weighted by atomic mass is 9.98. The Labute approximate surface area is 158 Å². The Bertz CT molecular complexity index is 912. The van der Waals surface area contributed by atoms with E-state index in [1.54, 1.807) is 47.2 Å². The van der Waals surface area contributed by atoms with E-state index in [0.29, 0.717) is 6.42 Å². The van der Waals surface area contributed by atoms with Gasteiger partial charge in [0, 0.05) is 12.3 Å². The van der Waals surface area contributed by atoms with Crippen molar-refractivity contribution in [3.8, 4) is 0 Å². The van der Waals surface area contributed by atoms with E-state index in [1.165, 1.54) is 43.2 Å². The molecule has 0 radical (unpaired) electrons. The van der Waals surface area contributed by atoms with Crippen molar-refractivity contribution in [3.63, 3.8) is 0 Å². The maximum absolute atomic E-state index is 13.2. The number of halogens is 2. The summed E-state index contributed by atoms with van der Waals surface area (Å²) >= 11 is 0. The molecule has 1 saturated carbocycles. The third-order valence-electron chi connectivity index (χ3n) is 4.65. The zero-order chi connectivity index (χ0) is 19.2. The summed E-state index contributed by atoms with van der Waals surface area (Å²) in [6.07, 6.45) is 5.19. The van der Waals surface area contributed by atoms with Crippen molar-refractivity contribution in [2.75, 3.05) is 0 Å². The third kappa shape index (κ3) is 5.61. The normalized spacial score (nSPS) is 14.2. The summed E-state index contributed by atoms with van der Waals surface area (Å²) in [4.78, 5) is 12.2. The van der Waals surface area contributed by atoms with Gasteiger partial charge in [0.1, 0.15) is 11.6 Å². The van der Waals surface area contributed by atoms with Crippen LogP contribution in [0.3, 0.4) is 0 Å². The van der Waals surface area contributed by atoms with Gasteiger partial charge in [0.25, 0.3) is 5.56 Å². The van der Waals surface area contributed by atoms with Crippen LogP contribution in [0.2, 0.25) is 0 Å². The minimum Gasteiger partial charge on any atom is -0.308 e. The van der Waals surface area contributed by atoms with Crippen LogP contribution in [0.15, 0.2) is 77.7 Å². The average Bonchev–Trinajstić information content (AvgIpc) is 3.46. The minimum atomic E-state index is -0.324. The number of aromatic nitrogens is 1. The molecule has 1 heterocycles. The van der Waals surface area contributed by atoms with Crippen LogP contribution in [0.4, 0.5) is 8.78 Å². The monoisotopic (exact) mass is 367 g/mol. The quantitative estimate of drug-likeness (QED) is 0.607. The zero-order valence-corrected chi connectivity index (χ0v) is 15.3. The van der Waals surface area contributed by atoms with Gasteiger partial charge in [0.15, 0.2) is 0 Å². The summed E-state index contributed by atoms with van der Waals surface area (Å²) < 4.78 is 27.9. The maximum atomic E-state index is 13.2. The Hall–Kier alpha value is -2.75. The topological polar surface area (TPSA) is 22.0 Å².